The summed E-state index contributed by atoms with van der Waals surface area (Å²) in [5.74, 6) is -1.16. The molecule has 2 aliphatic carbocycles. The van der Waals surface area contributed by atoms with E-state index < -0.39 is 23.4 Å². The minimum Gasteiger partial charge on any atom is -0.446 e. The molecule has 0 unspecified atom stereocenters. The SMILES string of the molecule is C[C@@H](OC(=O)Nc1c(F)cc(-c2c(C#N)c3ccc(Oc4ncccn4)cc3n2C2CCC2)cc1F)C1CC1. The molecule has 8 nitrogen and oxygen atoms in total. The number of halogens is 2. The van der Waals surface area contributed by atoms with Gasteiger partial charge in [-0.3, -0.25) is 5.32 Å². The van der Waals surface area contributed by atoms with Gasteiger partial charge in [0.25, 0.3) is 0 Å². The van der Waals surface area contributed by atoms with Crippen LogP contribution < -0.4 is 10.1 Å². The number of hydrogen-bond acceptors (Lipinski definition) is 6. The first-order valence-electron chi connectivity index (χ1n) is 12.9. The maximum atomic E-state index is 15.3. The van der Waals surface area contributed by atoms with Crippen molar-refractivity contribution in [2.75, 3.05) is 5.32 Å². The van der Waals surface area contributed by atoms with Crippen molar-refractivity contribution in [3.8, 4) is 29.1 Å². The van der Waals surface area contributed by atoms with Gasteiger partial charge in [0.15, 0.2) is 11.6 Å². The fourth-order valence-electron chi connectivity index (χ4n) is 5.01. The van der Waals surface area contributed by atoms with E-state index in [-0.39, 0.29) is 29.6 Å². The highest BCUT2D eigenvalue weighted by Crippen LogP contribution is 2.44. The Balaban J connectivity index is 1.40. The lowest BCUT2D eigenvalue weighted by atomic mass is 9.92. The van der Waals surface area contributed by atoms with E-state index in [1.54, 1.807) is 43.6 Å². The molecule has 1 amide bonds. The van der Waals surface area contributed by atoms with Crippen LogP contribution in [0.1, 0.15) is 50.6 Å². The lowest BCUT2D eigenvalue weighted by Crippen LogP contribution is -2.22. The first-order chi connectivity index (χ1) is 18.9. The molecule has 4 aromatic rings. The Kier molecular flexibility index (Phi) is 6.35. The third-order valence-electron chi connectivity index (χ3n) is 7.40. The van der Waals surface area contributed by atoms with E-state index in [9.17, 15) is 10.1 Å². The maximum Gasteiger partial charge on any atom is 0.412 e. The number of ether oxygens (including phenoxy) is 2. The van der Waals surface area contributed by atoms with Crippen molar-refractivity contribution in [3.05, 3.63) is 66.0 Å². The third kappa shape index (κ3) is 4.76. The minimum absolute atomic E-state index is 0.0515. The van der Waals surface area contributed by atoms with Crippen LogP contribution in [0.3, 0.4) is 0 Å². The Morgan fingerprint density at radius 3 is 2.46 bits per heavy atom. The summed E-state index contributed by atoms with van der Waals surface area (Å²) in [6.07, 6.45) is 6.58. The summed E-state index contributed by atoms with van der Waals surface area (Å²) >= 11 is 0. The maximum absolute atomic E-state index is 15.3. The lowest BCUT2D eigenvalue weighted by Gasteiger charge is -2.30. The summed E-state index contributed by atoms with van der Waals surface area (Å²) in [4.78, 5) is 20.4. The summed E-state index contributed by atoms with van der Waals surface area (Å²) in [6.45, 7) is 1.76. The van der Waals surface area contributed by atoms with Gasteiger partial charge in [-0.25, -0.2) is 23.5 Å². The van der Waals surface area contributed by atoms with Crippen molar-refractivity contribution < 1.29 is 23.0 Å². The Morgan fingerprint density at radius 2 is 1.85 bits per heavy atom. The number of nitriles is 1. The number of anilines is 1. The molecule has 2 aromatic carbocycles. The second-order valence-corrected chi connectivity index (χ2v) is 9.99. The zero-order chi connectivity index (χ0) is 27.1. The van der Waals surface area contributed by atoms with E-state index in [1.165, 1.54) is 0 Å². The number of carbonyl (C=O) groups excluding carboxylic acids is 1. The van der Waals surface area contributed by atoms with Gasteiger partial charge in [0.05, 0.1) is 16.8 Å². The van der Waals surface area contributed by atoms with Gasteiger partial charge >= 0.3 is 12.1 Å². The number of hydrogen-bond donors (Lipinski definition) is 1. The smallest absolute Gasteiger partial charge is 0.412 e. The topological polar surface area (TPSA) is 102 Å². The number of nitrogens with zero attached hydrogens (tertiary/aromatic N) is 4. The monoisotopic (exact) mass is 529 g/mol. The van der Waals surface area contributed by atoms with E-state index in [1.807, 2.05) is 4.57 Å². The number of rotatable bonds is 7. The molecule has 2 saturated carbocycles. The fraction of sp³-hybridized carbons (Fsp3) is 0.310. The highest BCUT2D eigenvalue weighted by Gasteiger charge is 2.32. The number of amides is 1. The average Bonchev–Trinajstić information content (AvgIpc) is 3.69. The standard InChI is InChI=1S/C29H25F2N5O3/c1-16(17-6-7-17)38-29(37)35-26-23(30)12-18(13-24(26)31)27-22(15-32)21-9-8-20(39-28-33-10-3-11-34-28)14-25(21)36(27)19-4-2-5-19/h3,8-14,16-17,19H,2,4-7H2,1H3,(H,35,37)/t16-/m1/s1. The molecule has 2 fully saturated rings. The summed E-state index contributed by atoms with van der Waals surface area (Å²) in [6, 6.07) is 11.7. The van der Waals surface area contributed by atoms with Crippen LogP contribution in [0.25, 0.3) is 22.2 Å². The molecule has 2 aromatic heterocycles. The van der Waals surface area contributed by atoms with Crippen LogP contribution in [-0.2, 0) is 4.74 Å². The first kappa shape index (κ1) is 24.8. The number of benzene rings is 2. The van der Waals surface area contributed by atoms with Gasteiger partial charge in [-0.15, -0.1) is 0 Å². The zero-order valence-corrected chi connectivity index (χ0v) is 21.2. The Bertz CT molecular complexity index is 1580. The Hall–Kier alpha value is -4.52. The number of carbonyl (C=O) groups is 1. The molecule has 10 heteroatoms. The van der Waals surface area contributed by atoms with Gasteiger partial charge in [-0.1, -0.05) is 0 Å². The van der Waals surface area contributed by atoms with Crippen LogP contribution in [0.15, 0.2) is 48.8 Å². The number of nitrogens with one attached hydrogen (secondary N) is 1. The summed E-state index contributed by atoms with van der Waals surface area (Å²) < 4.78 is 43.5. The summed E-state index contributed by atoms with van der Waals surface area (Å²) in [5.41, 5.74) is 1.04. The number of aromatic nitrogens is 3. The molecular weight excluding hydrogens is 504 g/mol. The van der Waals surface area contributed by atoms with Gasteiger partial charge in [0.1, 0.15) is 23.6 Å². The fourth-order valence-corrected chi connectivity index (χ4v) is 5.01. The van der Waals surface area contributed by atoms with Crippen molar-refractivity contribution in [2.24, 2.45) is 5.92 Å². The molecule has 1 N–H and O–H groups in total. The van der Waals surface area contributed by atoms with Crippen LogP contribution in [-0.4, -0.2) is 26.7 Å². The molecule has 0 bridgehead atoms. The van der Waals surface area contributed by atoms with Crippen molar-refractivity contribution >= 4 is 22.7 Å². The Labute approximate surface area is 223 Å². The van der Waals surface area contributed by atoms with E-state index in [0.29, 0.717) is 27.9 Å². The van der Waals surface area contributed by atoms with Gasteiger partial charge < -0.3 is 14.0 Å². The second kappa shape index (κ2) is 9.98. The molecule has 1 atom stereocenters. The second-order valence-electron chi connectivity index (χ2n) is 9.99. The predicted molar refractivity (Wildman–Crippen MR) is 139 cm³/mol. The largest absolute Gasteiger partial charge is 0.446 e. The molecule has 0 spiro atoms. The molecule has 6 rings (SSSR count). The summed E-state index contributed by atoms with van der Waals surface area (Å²) in [7, 11) is 0. The molecular formula is C29H25F2N5O3. The normalized spacial score (nSPS) is 15.8. The first-order valence-corrected chi connectivity index (χ1v) is 12.9. The minimum atomic E-state index is -0.958. The van der Waals surface area contributed by atoms with E-state index in [0.717, 1.165) is 44.2 Å². The quantitative estimate of drug-likeness (QED) is 0.274. The van der Waals surface area contributed by atoms with Crippen molar-refractivity contribution in [1.29, 1.82) is 5.26 Å². The van der Waals surface area contributed by atoms with Gasteiger partial charge in [0, 0.05) is 35.5 Å². The van der Waals surface area contributed by atoms with Crippen LogP contribution in [0.2, 0.25) is 0 Å². The van der Waals surface area contributed by atoms with E-state index in [4.69, 9.17) is 9.47 Å². The molecule has 39 heavy (non-hydrogen) atoms. The highest BCUT2D eigenvalue weighted by molar-refractivity contribution is 5.96. The summed E-state index contributed by atoms with van der Waals surface area (Å²) in [5, 5.41) is 13.0. The molecule has 0 aliphatic heterocycles. The van der Waals surface area contributed by atoms with Gasteiger partial charge in [-0.05, 0) is 75.3 Å². The highest BCUT2D eigenvalue weighted by atomic mass is 19.1. The van der Waals surface area contributed by atoms with Gasteiger partial charge in [-0.2, -0.15) is 5.26 Å². The molecule has 2 heterocycles. The van der Waals surface area contributed by atoms with Gasteiger partial charge in [0.2, 0.25) is 0 Å². The molecule has 2 aliphatic rings. The lowest BCUT2D eigenvalue weighted by molar-refractivity contribution is 0.108. The Morgan fingerprint density at radius 1 is 1.13 bits per heavy atom. The van der Waals surface area contributed by atoms with Crippen molar-refractivity contribution in [1.82, 2.24) is 14.5 Å². The molecule has 198 valence electrons. The molecule has 0 radical (unpaired) electrons. The van der Waals surface area contributed by atoms with E-state index in [2.05, 4.69) is 21.4 Å². The van der Waals surface area contributed by atoms with E-state index >= 15 is 8.78 Å². The zero-order valence-electron chi connectivity index (χ0n) is 21.2. The average molecular weight is 530 g/mol. The van der Waals surface area contributed by atoms with Crippen LogP contribution in [0, 0.1) is 28.9 Å². The number of fused-ring (bicyclic) bond motifs is 1. The molecule has 0 saturated heterocycles. The van der Waals surface area contributed by atoms with Crippen LogP contribution >= 0.6 is 0 Å². The van der Waals surface area contributed by atoms with Crippen molar-refractivity contribution in [3.63, 3.8) is 0 Å². The van der Waals surface area contributed by atoms with Crippen LogP contribution in [0.5, 0.6) is 11.8 Å². The van der Waals surface area contributed by atoms with Crippen molar-refractivity contribution in [2.45, 2.75) is 51.2 Å². The predicted octanol–water partition coefficient (Wildman–Crippen LogP) is 7.11. The third-order valence-corrected chi connectivity index (χ3v) is 7.40. The van der Waals surface area contributed by atoms with Crippen LogP contribution in [0.4, 0.5) is 19.3 Å².